The van der Waals surface area contributed by atoms with E-state index in [4.69, 9.17) is 4.74 Å². The second-order valence-corrected chi connectivity index (χ2v) is 4.86. The van der Waals surface area contributed by atoms with Crippen molar-refractivity contribution in [1.29, 1.82) is 0 Å². The predicted molar refractivity (Wildman–Crippen MR) is 64.9 cm³/mol. The molecule has 1 saturated carbocycles. The van der Waals surface area contributed by atoms with Gasteiger partial charge in [0.1, 0.15) is 11.9 Å². The van der Waals surface area contributed by atoms with Crippen LogP contribution in [0.25, 0.3) is 0 Å². The molecule has 88 valence electrons. The first kappa shape index (κ1) is 11.5. The zero-order valence-electron chi connectivity index (χ0n) is 10.3. The van der Waals surface area contributed by atoms with Crippen molar-refractivity contribution in [2.24, 2.45) is 0 Å². The van der Waals surface area contributed by atoms with E-state index in [1.54, 1.807) is 0 Å². The summed E-state index contributed by atoms with van der Waals surface area (Å²) in [6.45, 7) is 6.25. The minimum absolute atomic E-state index is 0.0140. The van der Waals surface area contributed by atoms with Crippen LogP contribution in [0.3, 0.4) is 0 Å². The minimum Gasteiger partial charge on any atom is -0.487 e. The molecule has 1 fully saturated rings. The topological polar surface area (TPSA) is 29.5 Å². The fourth-order valence-corrected chi connectivity index (χ4v) is 2.33. The van der Waals surface area contributed by atoms with Crippen molar-refractivity contribution in [2.45, 2.75) is 52.2 Å². The number of rotatable bonds is 2. The van der Waals surface area contributed by atoms with Crippen molar-refractivity contribution in [3.05, 3.63) is 28.8 Å². The fraction of sp³-hybridized carbons (Fsp3) is 0.571. The van der Waals surface area contributed by atoms with Crippen LogP contribution in [0.15, 0.2) is 12.1 Å². The van der Waals surface area contributed by atoms with E-state index in [1.165, 1.54) is 16.7 Å². The Morgan fingerprint density at radius 3 is 2.56 bits per heavy atom. The van der Waals surface area contributed by atoms with E-state index in [0.29, 0.717) is 0 Å². The van der Waals surface area contributed by atoms with Gasteiger partial charge in [-0.3, -0.25) is 0 Å². The Kier molecular flexibility index (Phi) is 3.20. The monoisotopic (exact) mass is 220 g/mol. The van der Waals surface area contributed by atoms with Gasteiger partial charge in [-0.25, -0.2) is 0 Å². The van der Waals surface area contributed by atoms with Crippen LogP contribution >= 0.6 is 0 Å². The molecule has 1 aromatic rings. The van der Waals surface area contributed by atoms with E-state index >= 15 is 0 Å². The molecule has 2 heteroatoms. The summed E-state index contributed by atoms with van der Waals surface area (Å²) in [6.07, 6.45) is 2.60. The summed E-state index contributed by atoms with van der Waals surface area (Å²) in [5, 5.41) is 9.75. The second-order valence-electron chi connectivity index (χ2n) is 4.86. The van der Waals surface area contributed by atoms with Crippen LogP contribution in [0, 0.1) is 20.8 Å². The normalized spacial score (nSPS) is 24.8. The number of aryl methyl sites for hydroxylation is 2. The van der Waals surface area contributed by atoms with E-state index in [9.17, 15) is 5.11 Å². The highest BCUT2D eigenvalue weighted by molar-refractivity contribution is 5.42. The van der Waals surface area contributed by atoms with Crippen molar-refractivity contribution in [3.63, 3.8) is 0 Å². The van der Waals surface area contributed by atoms with Gasteiger partial charge in [-0.15, -0.1) is 0 Å². The predicted octanol–water partition coefficient (Wildman–Crippen LogP) is 2.90. The molecule has 1 aromatic carbocycles. The maximum Gasteiger partial charge on any atom is 0.124 e. The molecule has 16 heavy (non-hydrogen) atoms. The van der Waals surface area contributed by atoms with Crippen molar-refractivity contribution in [3.8, 4) is 5.75 Å². The molecule has 0 aromatic heterocycles. The van der Waals surface area contributed by atoms with Gasteiger partial charge in [0.05, 0.1) is 6.10 Å². The standard InChI is InChI=1S/C14H20O2/c1-9-7-10(2)11(3)14(8-9)16-13-6-4-5-12(13)15/h7-8,12-13,15H,4-6H2,1-3H3/t12-,13-/m1/s1. The third-order valence-corrected chi connectivity index (χ3v) is 3.46. The summed E-state index contributed by atoms with van der Waals surface area (Å²) in [5.41, 5.74) is 3.65. The first-order chi connectivity index (χ1) is 7.58. The zero-order chi connectivity index (χ0) is 11.7. The summed E-state index contributed by atoms with van der Waals surface area (Å²) in [6, 6.07) is 4.22. The summed E-state index contributed by atoms with van der Waals surface area (Å²) >= 11 is 0. The van der Waals surface area contributed by atoms with Gasteiger partial charge in [-0.05, 0) is 62.8 Å². The number of ether oxygens (including phenoxy) is 1. The number of hydrogen-bond acceptors (Lipinski definition) is 2. The molecule has 0 spiro atoms. The molecule has 0 amide bonds. The lowest BCUT2D eigenvalue weighted by Crippen LogP contribution is -2.26. The number of hydrogen-bond donors (Lipinski definition) is 1. The molecule has 0 radical (unpaired) electrons. The number of benzene rings is 1. The van der Waals surface area contributed by atoms with Crippen LogP contribution in [0.1, 0.15) is 36.0 Å². The van der Waals surface area contributed by atoms with Crippen molar-refractivity contribution >= 4 is 0 Å². The quantitative estimate of drug-likeness (QED) is 0.830. The SMILES string of the molecule is Cc1cc(C)c(C)c(O[C@@H]2CCC[C@H]2O)c1. The van der Waals surface area contributed by atoms with Crippen LogP contribution in [-0.2, 0) is 0 Å². The molecule has 0 heterocycles. The molecular formula is C14H20O2. The molecule has 1 aliphatic rings. The summed E-state index contributed by atoms with van der Waals surface area (Å²) in [5.74, 6) is 0.934. The van der Waals surface area contributed by atoms with Crippen LogP contribution in [0.4, 0.5) is 0 Å². The van der Waals surface area contributed by atoms with Gasteiger partial charge in [-0.2, -0.15) is 0 Å². The summed E-state index contributed by atoms with van der Waals surface area (Å²) in [4.78, 5) is 0. The number of aliphatic hydroxyl groups is 1. The molecule has 2 atom stereocenters. The van der Waals surface area contributed by atoms with Crippen molar-refractivity contribution in [1.82, 2.24) is 0 Å². The first-order valence-electron chi connectivity index (χ1n) is 6.00. The molecule has 1 N–H and O–H groups in total. The smallest absolute Gasteiger partial charge is 0.124 e. The highest BCUT2D eigenvalue weighted by Crippen LogP contribution is 2.29. The number of aliphatic hydroxyl groups excluding tert-OH is 1. The Morgan fingerprint density at radius 2 is 1.94 bits per heavy atom. The largest absolute Gasteiger partial charge is 0.487 e. The minimum atomic E-state index is -0.291. The third-order valence-electron chi connectivity index (χ3n) is 3.46. The molecule has 2 nitrogen and oxygen atoms in total. The maximum absolute atomic E-state index is 9.75. The molecule has 1 aliphatic carbocycles. The highest BCUT2D eigenvalue weighted by Gasteiger charge is 2.27. The van der Waals surface area contributed by atoms with Gasteiger partial charge >= 0.3 is 0 Å². The van der Waals surface area contributed by atoms with Crippen LogP contribution in [0.2, 0.25) is 0 Å². The molecule has 0 saturated heterocycles. The Morgan fingerprint density at radius 1 is 1.19 bits per heavy atom. The van der Waals surface area contributed by atoms with Crippen LogP contribution in [0.5, 0.6) is 5.75 Å². The van der Waals surface area contributed by atoms with Gasteiger partial charge in [0, 0.05) is 0 Å². The lowest BCUT2D eigenvalue weighted by molar-refractivity contribution is 0.0599. The summed E-state index contributed by atoms with van der Waals surface area (Å²) in [7, 11) is 0. The van der Waals surface area contributed by atoms with Crippen LogP contribution < -0.4 is 4.74 Å². The average Bonchev–Trinajstić information content (AvgIpc) is 2.60. The molecule has 0 bridgehead atoms. The average molecular weight is 220 g/mol. The third kappa shape index (κ3) is 2.22. The Labute approximate surface area is 97.3 Å². The van der Waals surface area contributed by atoms with E-state index in [1.807, 2.05) is 0 Å². The molecule has 0 unspecified atom stereocenters. The van der Waals surface area contributed by atoms with Gasteiger partial charge in [0.25, 0.3) is 0 Å². The maximum atomic E-state index is 9.75. The van der Waals surface area contributed by atoms with E-state index < -0.39 is 0 Å². The molecule has 0 aliphatic heterocycles. The Balaban J connectivity index is 2.20. The zero-order valence-corrected chi connectivity index (χ0v) is 10.3. The van der Waals surface area contributed by atoms with Crippen molar-refractivity contribution < 1.29 is 9.84 Å². The first-order valence-corrected chi connectivity index (χ1v) is 6.00. The van der Waals surface area contributed by atoms with Crippen molar-refractivity contribution in [2.75, 3.05) is 0 Å². The lowest BCUT2D eigenvalue weighted by atomic mass is 10.1. The molecule has 2 rings (SSSR count). The van der Waals surface area contributed by atoms with Gasteiger partial charge in [0.2, 0.25) is 0 Å². The van der Waals surface area contributed by atoms with Gasteiger partial charge < -0.3 is 9.84 Å². The lowest BCUT2D eigenvalue weighted by Gasteiger charge is -2.20. The fourth-order valence-electron chi connectivity index (χ4n) is 2.33. The molecular weight excluding hydrogens is 200 g/mol. The van der Waals surface area contributed by atoms with Crippen LogP contribution in [-0.4, -0.2) is 17.3 Å². The second kappa shape index (κ2) is 4.46. The van der Waals surface area contributed by atoms with Gasteiger partial charge in [-0.1, -0.05) is 6.07 Å². The highest BCUT2D eigenvalue weighted by atomic mass is 16.5. The van der Waals surface area contributed by atoms with Gasteiger partial charge in [0.15, 0.2) is 0 Å². The van der Waals surface area contributed by atoms with E-state index in [0.717, 1.165) is 25.0 Å². The Hall–Kier alpha value is -1.02. The summed E-state index contributed by atoms with van der Waals surface area (Å²) < 4.78 is 5.93. The van der Waals surface area contributed by atoms with E-state index in [2.05, 4.69) is 32.9 Å². The van der Waals surface area contributed by atoms with E-state index in [-0.39, 0.29) is 12.2 Å². The Bertz CT molecular complexity index is 385.